The molecule has 0 bridgehead atoms. The number of hydrogen-bond donors (Lipinski definition) is 6. The molecule has 0 spiro atoms. The Morgan fingerprint density at radius 2 is 0.966 bits per heavy atom. The number of aromatic amines is 2. The topological polar surface area (TPSA) is 525 Å². The molecule has 7 N–H and O–H groups in total. The van der Waals surface area contributed by atoms with Crippen LogP contribution in [0.5, 0.6) is 11.5 Å². The Labute approximate surface area is 920 Å². The lowest BCUT2D eigenvalue weighted by atomic mass is 9.80. The van der Waals surface area contributed by atoms with Crippen LogP contribution in [0, 0.1) is 51.9 Å². The van der Waals surface area contributed by atoms with E-state index in [1.54, 1.807) is 74.5 Å². The first-order chi connectivity index (χ1) is 67.0. The van der Waals surface area contributed by atoms with E-state index in [1.807, 2.05) is 161 Å². The Morgan fingerprint density at radius 3 is 1.38 bits per heavy atom. The third-order valence-electron chi connectivity index (χ3n) is 18.3. The van der Waals surface area contributed by atoms with E-state index in [-0.39, 0.29) is 125 Å². The van der Waals surface area contributed by atoms with Gasteiger partial charge in [0.2, 0.25) is 51.0 Å². The summed E-state index contributed by atoms with van der Waals surface area (Å²) in [6.45, 7) is 17.8. The number of nitrogen functional groups attached to an aromatic ring is 1. The number of aromatic nitrogens is 6. The number of H-pyrrole nitrogens is 2. The second-order valence-corrected chi connectivity index (χ2v) is 47.8. The number of carbonyl (C=O) groups is 2. The summed E-state index contributed by atoms with van der Waals surface area (Å²) < 4.78 is 142. The number of esters is 2. The second-order valence-electron chi connectivity index (χ2n) is 29.6. The van der Waals surface area contributed by atoms with Crippen molar-refractivity contribution < 1.29 is 76.1 Å². The number of nitrogens with one attached hydrogen (secondary N) is 5. The summed E-state index contributed by atoms with van der Waals surface area (Å²) >= 11 is 47.8. The highest BCUT2D eigenvalue weighted by Crippen LogP contribution is 2.61. The van der Waals surface area contributed by atoms with Crippen LogP contribution >= 0.6 is 133 Å². The first-order valence-electron chi connectivity index (χ1n) is 40.3. The molecule has 1 aliphatic rings. The Balaban J connectivity index is 0.000000854. The lowest BCUT2D eigenvalue weighted by Crippen LogP contribution is -2.41. The fraction of sp³-hybridized carbons (Fsp3) is 0.206. The molecule has 148 heavy (non-hydrogen) atoms. The number of halogens is 10. The van der Waals surface area contributed by atoms with E-state index in [9.17, 15) is 57.4 Å². The molecule has 0 amide bonds. The van der Waals surface area contributed by atoms with E-state index in [4.69, 9.17) is 98.5 Å². The number of pyridine rings is 6. The van der Waals surface area contributed by atoms with Crippen LogP contribution in [0.3, 0.4) is 0 Å². The number of sulfonamides is 4. The molecule has 1 saturated heterocycles. The predicted molar refractivity (Wildman–Crippen MR) is 605 cm³/mol. The minimum Gasteiger partial charge on any atom is -0.515 e. The van der Waals surface area contributed by atoms with Crippen molar-refractivity contribution in [3.63, 3.8) is 0 Å². The summed E-state index contributed by atoms with van der Waals surface area (Å²) in [5.41, 5.74) is 10.3. The molecule has 6 aromatic heterocycles. The van der Waals surface area contributed by atoms with E-state index in [0.29, 0.717) is 54.4 Å². The number of nitrogens with zero attached hydrogens (tertiary/aromatic N) is 10. The number of fused-ring (bicyclic) bond motifs is 3. The zero-order valence-corrected chi connectivity index (χ0v) is 90.8. The van der Waals surface area contributed by atoms with Crippen molar-refractivity contribution in [3.05, 3.63) is 325 Å². The van der Waals surface area contributed by atoms with Crippen LogP contribution < -0.4 is 45.3 Å². The summed E-state index contributed by atoms with van der Waals surface area (Å²) in [7, 11) is -14.8. The monoisotopic (exact) mass is 2450 g/mol. The van der Waals surface area contributed by atoms with Gasteiger partial charge in [-0.15, -0.1) is 0 Å². The minimum atomic E-state index is -4.14. The maximum absolute atomic E-state index is 12.3. The third kappa shape index (κ3) is 43.2. The standard InChI is InChI=1S/C16H10Cl2N4O2S.C16H11ClN4O3S.C13H20BClN2O6S2.C12H11BrN2O2.C12H10O.C10H5BrN2O.C7H9NO3.C6H6BrN.5CH4.Cl3OP/c1-25(23,24)22-14-5-10(7-21-16(14)18)9-2-3-13-12(4-9)15(17)11(6-19)8-20-13;1-25(23,24)21-14-5-10(7-20-16(14)17)9-2-3-13-12(4-9)15(22)11(6-18)8-19-13;1-12(2)13(3,4)23-14(22-12)9-7-10(11(15)16-8-9)17(24(5,18)19)25(6,20)21;1-2-17-12(16)9(7-14)8-15-11-5-3-10(13)4-6-11;1-3-7-11(8-4-1)13-12-9-5-2-6-10-12;11-7-1-2-9-8(3-7)10(14)6(4-12)5-13-9;1-4-11-7(9)6(8-2)5-10-3;7-5-1-3-6(8)4-2-5;;;;;;1-5(2,3)4/h2-5,7-8,22H,1H3;2-5,7-8,21H,1H3,(H,19,22);7-8H,1-6H3;3-6,8,15H,2H2,1H3;1-10H;1-3,5H,(H,13,14);5H,4H2,1,3H3;1-4H,8H2;5*1H4;/b;;;9-8-;;;6-5+;;;;;;;. The van der Waals surface area contributed by atoms with Gasteiger partial charge in [-0.05, 0) is 220 Å². The SMILES string of the molecule is C.C.C.C.C.CC1(C)OB(c2cnc(Cl)c(N(S(C)(=O)=O)S(C)(=O)=O)c2)OC1(C)C.CCOC(=O)/C(C#N)=C\Nc1ccc(Br)cc1.CS(=O)(=O)Nc1cc(-c2ccc3[nH]cc(C#N)c(=O)c3c2)cnc1Cl.CS(=O)(=O)Nc1cc(-c2ccc3ncc(C#N)c(Cl)c3c2)cnc1Cl.N#Cc1c[nH]c2ccc(Br)cc2c1=O.Nc1ccc(Br)cc1.O=P(Cl)(Cl)Cl.[C-]#[N+]/C(=C/OC)C(=O)OCC.c1ccc(Oc2ccccc2)cc1. The van der Waals surface area contributed by atoms with Gasteiger partial charge >= 0.3 is 30.0 Å². The fourth-order valence-corrected chi connectivity index (χ4v) is 17.2. The van der Waals surface area contributed by atoms with Crippen molar-refractivity contribution in [3.8, 4) is 58.0 Å². The summed E-state index contributed by atoms with van der Waals surface area (Å²) in [6.07, 6.45) is 14.5. The van der Waals surface area contributed by atoms with Crippen molar-refractivity contribution in [2.75, 3.05) is 69.6 Å². The highest BCUT2D eigenvalue weighted by atomic mass is 79.9. The number of methoxy groups -OCH3 is 1. The van der Waals surface area contributed by atoms with Crippen LogP contribution in [0.2, 0.25) is 20.5 Å². The zero-order chi connectivity index (χ0) is 107. The summed E-state index contributed by atoms with van der Waals surface area (Å²) in [6, 6.07) is 62.0. The van der Waals surface area contributed by atoms with E-state index in [2.05, 4.69) is 140 Å². The molecule has 13 aromatic rings. The molecule has 51 heteroatoms. The van der Waals surface area contributed by atoms with E-state index in [1.165, 1.54) is 62.6 Å². The van der Waals surface area contributed by atoms with Crippen molar-refractivity contribution in [1.29, 1.82) is 21.0 Å². The lowest BCUT2D eigenvalue weighted by molar-refractivity contribution is -0.139. The van der Waals surface area contributed by atoms with Crippen LogP contribution in [0.1, 0.15) is 95.4 Å². The molecule has 1 fully saturated rings. The molecule has 786 valence electrons. The largest absolute Gasteiger partial charge is 0.515 e. The predicted octanol–water partition coefficient (Wildman–Crippen LogP) is 24.5. The van der Waals surface area contributed by atoms with E-state index < -0.39 is 75.6 Å². The molecule has 0 radical (unpaired) electrons. The van der Waals surface area contributed by atoms with Gasteiger partial charge in [0.05, 0.1) is 96.9 Å². The fourth-order valence-electron chi connectivity index (χ4n) is 11.3. The molecule has 0 unspecified atom stereocenters. The van der Waals surface area contributed by atoms with Gasteiger partial charge in [-0.25, -0.2) is 58.3 Å². The van der Waals surface area contributed by atoms with Gasteiger partial charge < -0.3 is 49.3 Å². The lowest BCUT2D eigenvalue weighted by Gasteiger charge is -2.32. The molecule has 35 nitrogen and oxygen atoms in total. The average Bonchev–Trinajstić information content (AvgIpc) is 1.58. The van der Waals surface area contributed by atoms with Gasteiger partial charge in [0, 0.05) is 112 Å². The van der Waals surface area contributed by atoms with E-state index in [0.717, 1.165) is 78.7 Å². The van der Waals surface area contributed by atoms with Crippen LogP contribution in [0.15, 0.2) is 266 Å². The summed E-state index contributed by atoms with van der Waals surface area (Å²) in [5, 5.41) is 36.7. The molecule has 7 aromatic carbocycles. The van der Waals surface area contributed by atoms with Gasteiger partial charge in [0.15, 0.2) is 21.0 Å². The van der Waals surface area contributed by atoms with Crippen LogP contribution in [0.25, 0.3) is 59.8 Å². The molecule has 1 aliphatic heterocycles. The van der Waals surface area contributed by atoms with Crippen molar-refractivity contribution in [1.82, 2.24) is 29.9 Å². The van der Waals surface area contributed by atoms with E-state index >= 15 is 0 Å². The quantitative estimate of drug-likeness (QED) is 0.00504. The Morgan fingerprint density at radius 1 is 0.554 bits per heavy atom. The minimum absolute atomic E-state index is 0. The van der Waals surface area contributed by atoms with Gasteiger partial charge in [0.1, 0.15) is 52.6 Å². The molecule has 0 saturated carbocycles. The summed E-state index contributed by atoms with van der Waals surface area (Å²) in [4.78, 5) is 70.8. The molecule has 7 heterocycles. The van der Waals surface area contributed by atoms with Gasteiger partial charge in [-0.3, -0.25) is 33.4 Å². The normalized spacial score (nSPS) is 11.8. The first kappa shape index (κ1) is 134. The number of anilines is 5. The number of para-hydroxylation sites is 2. The number of hydrogen-bond acceptors (Lipinski definition) is 29. The number of nitriles is 4. The van der Waals surface area contributed by atoms with Gasteiger partial charge in [0.25, 0.3) is 0 Å². The Kier molecular flexibility index (Phi) is 55.7. The Hall–Kier alpha value is -12.2. The van der Waals surface area contributed by atoms with Gasteiger partial charge in [-0.2, -0.15) is 24.8 Å². The molecule has 14 rings (SSSR count). The highest BCUT2D eigenvalue weighted by Gasteiger charge is 2.52. The van der Waals surface area contributed by atoms with Crippen molar-refractivity contribution in [2.24, 2.45) is 0 Å². The number of nitrogens with two attached hydrogens (primary N) is 1. The molecular weight excluding hydrogens is 2350 g/mol. The highest BCUT2D eigenvalue weighted by molar-refractivity contribution is 9.11. The molecule has 0 atom stereocenters. The first-order valence-corrected chi connectivity index (χ1v) is 56.1. The Bertz CT molecular complexity index is 7660. The van der Waals surface area contributed by atoms with Crippen LogP contribution in [0.4, 0.5) is 28.4 Å². The smallest absolute Gasteiger partial charge is 0.496 e. The van der Waals surface area contributed by atoms with Crippen molar-refractivity contribution in [2.45, 2.75) is 89.9 Å². The molecular formula is C97H102BBr3Cl7N16O19PS4. The van der Waals surface area contributed by atoms with Gasteiger partial charge in [-0.1, -0.05) is 180 Å². The number of rotatable bonds is 19. The zero-order valence-electron chi connectivity index (χ0n) is 76.6. The third-order valence-corrected chi connectivity index (χ3v) is 25.5. The number of ether oxygens (including phenoxy) is 4. The number of benzene rings is 7. The second kappa shape index (κ2) is 61.7. The average molecular weight is 2450 g/mol. The maximum Gasteiger partial charge on any atom is 0.496 e. The number of carbonyl (C=O) groups excluding carboxylic acids is 2. The van der Waals surface area contributed by atoms with Crippen LogP contribution in [-0.2, 0) is 77.8 Å². The molecule has 0 aliphatic carbocycles. The van der Waals surface area contributed by atoms with Crippen LogP contribution in [-0.4, -0.2) is 139 Å². The summed E-state index contributed by atoms with van der Waals surface area (Å²) in [5.74, 6) is 0.464. The van der Waals surface area contributed by atoms with Crippen molar-refractivity contribution >= 4 is 259 Å². The maximum atomic E-state index is 12.3.